The molecule has 0 aromatic heterocycles. The van der Waals surface area contributed by atoms with Gasteiger partial charge in [0.05, 0.1) is 5.56 Å². The highest BCUT2D eigenvalue weighted by Gasteiger charge is 2.17. The average molecular weight is 478 g/mol. The maximum absolute atomic E-state index is 13.5. The molecule has 0 saturated carbocycles. The van der Waals surface area contributed by atoms with Gasteiger partial charge in [-0.15, -0.1) is 0 Å². The minimum atomic E-state index is -0.945. The second kappa shape index (κ2) is 12.0. The number of carbonyl (C=O) groups is 2. The summed E-state index contributed by atoms with van der Waals surface area (Å²) >= 11 is 0. The van der Waals surface area contributed by atoms with Crippen molar-refractivity contribution in [2.45, 2.75) is 32.7 Å². The topological polar surface area (TPSA) is 57.6 Å². The van der Waals surface area contributed by atoms with Gasteiger partial charge in [0.1, 0.15) is 0 Å². The Hall–Kier alpha value is -4.18. The molecule has 0 atom stereocenters. The highest BCUT2D eigenvalue weighted by molar-refractivity contribution is 5.96. The number of amides is 1. The van der Waals surface area contributed by atoms with Crippen molar-refractivity contribution in [2.24, 2.45) is 0 Å². The molecule has 36 heavy (non-hydrogen) atoms. The lowest BCUT2D eigenvalue weighted by molar-refractivity contribution is 0.0696. The fourth-order valence-electron chi connectivity index (χ4n) is 4.37. The first kappa shape index (κ1) is 24.9. The molecule has 0 radical (unpaired) electrons. The van der Waals surface area contributed by atoms with Crippen molar-refractivity contribution >= 4 is 11.9 Å². The third kappa shape index (κ3) is 6.28. The van der Waals surface area contributed by atoms with E-state index >= 15 is 0 Å². The van der Waals surface area contributed by atoms with Crippen LogP contribution in [-0.4, -0.2) is 28.4 Å². The summed E-state index contributed by atoms with van der Waals surface area (Å²) < 4.78 is 0. The van der Waals surface area contributed by atoms with Gasteiger partial charge in [0, 0.05) is 18.7 Å². The normalized spacial score (nSPS) is 10.7. The number of hydrogen-bond donors (Lipinski definition) is 1. The van der Waals surface area contributed by atoms with Gasteiger partial charge < -0.3 is 10.0 Å². The zero-order valence-corrected chi connectivity index (χ0v) is 20.6. The highest BCUT2D eigenvalue weighted by atomic mass is 16.4. The summed E-state index contributed by atoms with van der Waals surface area (Å²) in [6, 6.07) is 33.0. The van der Waals surface area contributed by atoms with Crippen LogP contribution in [0.2, 0.25) is 0 Å². The summed E-state index contributed by atoms with van der Waals surface area (Å²) in [5, 5.41) is 9.52. The monoisotopic (exact) mass is 477 g/mol. The Morgan fingerprint density at radius 1 is 0.722 bits per heavy atom. The van der Waals surface area contributed by atoms with E-state index in [1.807, 2.05) is 83.8 Å². The van der Waals surface area contributed by atoms with Crippen LogP contribution >= 0.6 is 0 Å². The Morgan fingerprint density at radius 2 is 1.36 bits per heavy atom. The van der Waals surface area contributed by atoms with Gasteiger partial charge in [-0.1, -0.05) is 91.9 Å². The quantitative estimate of drug-likeness (QED) is 0.271. The van der Waals surface area contributed by atoms with E-state index in [0.717, 1.165) is 30.4 Å². The number of aryl methyl sites for hydroxylation is 2. The number of hydrogen-bond acceptors (Lipinski definition) is 2. The van der Waals surface area contributed by atoms with Gasteiger partial charge in [0.25, 0.3) is 5.91 Å². The minimum absolute atomic E-state index is 0.0195. The van der Waals surface area contributed by atoms with Crippen LogP contribution in [0, 0.1) is 0 Å². The van der Waals surface area contributed by atoms with Crippen LogP contribution in [0.25, 0.3) is 11.1 Å². The summed E-state index contributed by atoms with van der Waals surface area (Å²) in [7, 11) is 0. The Balaban J connectivity index is 1.52. The first-order chi connectivity index (χ1) is 17.5. The summed E-state index contributed by atoms with van der Waals surface area (Å²) in [6.07, 6.45) is 2.71. The molecule has 0 aliphatic heterocycles. The maximum Gasteiger partial charge on any atom is 0.336 e. The number of carboxylic acid groups (broad SMARTS) is 1. The molecule has 0 aliphatic carbocycles. The van der Waals surface area contributed by atoms with E-state index in [1.165, 1.54) is 11.1 Å². The average Bonchev–Trinajstić information content (AvgIpc) is 2.93. The molecule has 0 aliphatic rings. The molecule has 0 heterocycles. The molecule has 1 N–H and O–H groups in total. The lowest BCUT2D eigenvalue weighted by atomic mass is 9.98. The van der Waals surface area contributed by atoms with Crippen LogP contribution in [0.1, 0.15) is 50.8 Å². The van der Waals surface area contributed by atoms with E-state index in [2.05, 4.69) is 19.1 Å². The largest absolute Gasteiger partial charge is 0.478 e. The van der Waals surface area contributed by atoms with E-state index < -0.39 is 5.97 Å². The van der Waals surface area contributed by atoms with Crippen LogP contribution in [-0.2, 0) is 19.4 Å². The molecule has 0 bridgehead atoms. The van der Waals surface area contributed by atoms with Crippen LogP contribution in [0.3, 0.4) is 0 Å². The molecule has 182 valence electrons. The summed E-state index contributed by atoms with van der Waals surface area (Å²) in [5.74, 6) is -0.926. The smallest absolute Gasteiger partial charge is 0.336 e. The standard InChI is InChI=1S/C32H31NO3/c1-2-24-14-20-28(21-15-24)31(34)33(22-8-11-25-9-4-3-5-10-25)23-26-16-18-27(19-17-26)29-12-6-7-13-30(29)32(35)36/h3-7,9-10,12-21H,2,8,11,22-23H2,1H3,(H,35,36). The zero-order valence-electron chi connectivity index (χ0n) is 20.6. The number of benzene rings is 4. The summed E-state index contributed by atoms with van der Waals surface area (Å²) in [5.41, 5.74) is 5.97. The lowest BCUT2D eigenvalue weighted by Crippen LogP contribution is -2.31. The van der Waals surface area contributed by atoms with E-state index in [1.54, 1.807) is 12.1 Å². The SMILES string of the molecule is CCc1ccc(C(=O)N(CCCc2ccccc2)Cc2ccc(-c3ccccc3C(=O)O)cc2)cc1. The van der Waals surface area contributed by atoms with E-state index in [9.17, 15) is 14.7 Å². The first-order valence-electron chi connectivity index (χ1n) is 12.4. The number of carbonyl (C=O) groups excluding carboxylic acids is 1. The fraction of sp³-hybridized carbons (Fsp3) is 0.188. The second-order valence-corrected chi connectivity index (χ2v) is 8.91. The van der Waals surface area contributed by atoms with Crippen LogP contribution in [0.4, 0.5) is 0 Å². The summed E-state index contributed by atoms with van der Waals surface area (Å²) in [4.78, 5) is 27.0. The minimum Gasteiger partial charge on any atom is -0.478 e. The van der Waals surface area contributed by atoms with Crippen molar-refractivity contribution in [2.75, 3.05) is 6.54 Å². The number of nitrogens with zero attached hydrogens (tertiary/aromatic N) is 1. The molecule has 4 aromatic rings. The molecule has 0 spiro atoms. The predicted molar refractivity (Wildman–Crippen MR) is 144 cm³/mol. The van der Waals surface area contributed by atoms with Gasteiger partial charge in [-0.05, 0) is 65.3 Å². The zero-order chi connectivity index (χ0) is 25.3. The van der Waals surface area contributed by atoms with Crippen molar-refractivity contribution in [1.82, 2.24) is 4.90 Å². The molecule has 0 fully saturated rings. The van der Waals surface area contributed by atoms with Crippen LogP contribution < -0.4 is 0 Å². The Kier molecular flexibility index (Phi) is 8.30. The molecule has 4 heteroatoms. The maximum atomic E-state index is 13.5. The van der Waals surface area contributed by atoms with Crippen molar-refractivity contribution in [1.29, 1.82) is 0 Å². The van der Waals surface area contributed by atoms with Crippen molar-refractivity contribution in [3.05, 3.63) is 131 Å². The number of aromatic carboxylic acids is 1. The molecule has 4 rings (SSSR count). The predicted octanol–water partition coefficient (Wildman–Crippen LogP) is 6.89. The van der Waals surface area contributed by atoms with Crippen molar-refractivity contribution in [3.8, 4) is 11.1 Å². The molecule has 1 amide bonds. The molecule has 0 saturated heterocycles. The third-order valence-corrected chi connectivity index (χ3v) is 6.43. The molecule has 4 aromatic carbocycles. The Morgan fingerprint density at radius 3 is 2.03 bits per heavy atom. The Bertz CT molecular complexity index is 1300. The van der Waals surface area contributed by atoms with Gasteiger partial charge >= 0.3 is 5.97 Å². The molecule has 4 nitrogen and oxygen atoms in total. The number of rotatable bonds is 10. The van der Waals surface area contributed by atoms with E-state index in [0.29, 0.717) is 24.2 Å². The van der Waals surface area contributed by atoms with Gasteiger partial charge in [-0.2, -0.15) is 0 Å². The number of carboxylic acids is 1. The molecule has 0 unspecified atom stereocenters. The van der Waals surface area contributed by atoms with Crippen LogP contribution in [0.15, 0.2) is 103 Å². The molecular formula is C32H31NO3. The fourth-order valence-corrected chi connectivity index (χ4v) is 4.37. The van der Waals surface area contributed by atoms with Gasteiger partial charge in [-0.25, -0.2) is 4.79 Å². The van der Waals surface area contributed by atoms with Crippen molar-refractivity contribution in [3.63, 3.8) is 0 Å². The van der Waals surface area contributed by atoms with Crippen molar-refractivity contribution < 1.29 is 14.7 Å². The second-order valence-electron chi connectivity index (χ2n) is 8.91. The highest BCUT2D eigenvalue weighted by Crippen LogP contribution is 2.25. The Labute approximate surface area is 212 Å². The van der Waals surface area contributed by atoms with E-state index in [-0.39, 0.29) is 11.5 Å². The summed E-state index contributed by atoms with van der Waals surface area (Å²) in [6.45, 7) is 3.24. The van der Waals surface area contributed by atoms with Gasteiger partial charge in [0.15, 0.2) is 0 Å². The lowest BCUT2D eigenvalue weighted by Gasteiger charge is -2.23. The van der Waals surface area contributed by atoms with E-state index in [4.69, 9.17) is 0 Å². The first-order valence-corrected chi connectivity index (χ1v) is 12.4. The van der Waals surface area contributed by atoms with Gasteiger partial charge in [0.2, 0.25) is 0 Å². The molecular weight excluding hydrogens is 446 g/mol. The van der Waals surface area contributed by atoms with Crippen LogP contribution in [0.5, 0.6) is 0 Å². The van der Waals surface area contributed by atoms with Gasteiger partial charge in [-0.3, -0.25) is 4.79 Å². The third-order valence-electron chi connectivity index (χ3n) is 6.43.